The number of halogens is 1. The zero-order valence-corrected chi connectivity index (χ0v) is 14.1. The lowest BCUT2D eigenvalue weighted by atomic mass is 9.84. The lowest BCUT2D eigenvalue weighted by Crippen LogP contribution is -2.21. The van der Waals surface area contributed by atoms with Gasteiger partial charge in [0.05, 0.1) is 20.1 Å². The van der Waals surface area contributed by atoms with E-state index in [9.17, 15) is 5.26 Å². The van der Waals surface area contributed by atoms with E-state index in [1.54, 1.807) is 12.1 Å². The van der Waals surface area contributed by atoms with Gasteiger partial charge in [0.15, 0.2) is 11.5 Å². The van der Waals surface area contributed by atoms with E-state index in [1.165, 1.54) is 14.2 Å². The number of allylic oxidation sites excluding steroid dienone is 1. The minimum Gasteiger partial charge on any atom is -0.493 e. The van der Waals surface area contributed by atoms with Crippen molar-refractivity contribution in [2.45, 2.75) is 12.8 Å². The molecule has 0 amide bonds. The average Bonchev–Trinajstić information content (AvgIpc) is 2.94. The first-order chi connectivity index (χ1) is 11.5. The van der Waals surface area contributed by atoms with Crippen LogP contribution in [0.1, 0.15) is 22.7 Å². The largest absolute Gasteiger partial charge is 0.493 e. The van der Waals surface area contributed by atoms with Gasteiger partial charge in [0.2, 0.25) is 11.8 Å². The SMILES string of the molecule is COc1cc(Cl)c([C@@H]2C(C#N)=C(N)Oc3n[nH]c(C)c32)cc1OC. The molecule has 1 aromatic heterocycles. The van der Waals surface area contributed by atoms with Crippen molar-refractivity contribution in [3.05, 3.63) is 45.4 Å². The Labute approximate surface area is 143 Å². The molecule has 0 bridgehead atoms. The number of nitrogens with one attached hydrogen (secondary N) is 1. The first kappa shape index (κ1) is 16.0. The standard InChI is InChI=1S/C16H15ClN4O3/c1-7-13-14(9(6-18)15(19)24-16(13)21-20-7)8-4-11(22-2)12(23-3)5-10(8)17/h4-5,14H,19H2,1-3H3,(H,20,21)/t14-/m1/s1. The summed E-state index contributed by atoms with van der Waals surface area (Å²) in [7, 11) is 3.06. The average molecular weight is 347 g/mol. The Hall–Kier alpha value is -2.85. The normalized spacial score (nSPS) is 16.2. The molecule has 0 aliphatic carbocycles. The van der Waals surface area contributed by atoms with Crippen molar-refractivity contribution in [2.75, 3.05) is 14.2 Å². The summed E-state index contributed by atoms with van der Waals surface area (Å²) in [6.07, 6.45) is 0. The zero-order valence-electron chi connectivity index (χ0n) is 13.3. The fourth-order valence-electron chi connectivity index (χ4n) is 2.80. The molecule has 24 heavy (non-hydrogen) atoms. The summed E-state index contributed by atoms with van der Waals surface area (Å²) in [4.78, 5) is 0. The molecule has 1 aliphatic rings. The Morgan fingerprint density at radius 2 is 2.00 bits per heavy atom. The molecule has 3 N–H and O–H groups in total. The van der Waals surface area contributed by atoms with Crippen molar-refractivity contribution in [1.82, 2.24) is 10.2 Å². The third kappa shape index (κ3) is 2.32. The van der Waals surface area contributed by atoms with Gasteiger partial charge in [-0.3, -0.25) is 5.10 Å². The fourth-order valence-corrected chi connectivity index (χ4v) is 3.06. The molecular formula is C16H15ClN4O3. The van der Waals surface area contributed by atoms with Gasteiger partial charge < -0.3 is 19.9 Å². The van der Waals surface area contributed by atoms with E-state index in [1.807, 2.05) is 6.92 Å². The van der Waals surface area contributed by atoms with Crippen molar-refractivity contribution < 1.29 is 14.2 Å². The fraction of sp³-hybridized carbons (Fsp3) is 0.250. The number of benzene rings is 1. The number of aromatic nitrogens is 2. The molecule has 2 heterocycles. The van der Waals surface area contributed by atoms with Gasteiger partial charge in [-0.1, -0.05) is 11.6 Å². The van der Waals surface area contributed by atoms with E-state index in [4.69, 9.17) is 31.5 Å². The van der Waals surface area contributed by atoms with Gasteiger partial charge in [-0.05, 0) is 18.6 Å². The molecule has 124 valence electrons. The molecule has 0 saturated carbocycles. The van der Waals surface area contributed by atoms with Crippen molar-refractivity contribution in [1.29, 1.82) is 5.26 Å². The highest BCUT2D eigenvalue weighted by atomic mass is 35.5. The van der Waals surface area contributed by atoms with Crippen LogP contribution >= 0.6 is 11.6 Å². The number of nitrogens with zero attached hydrogens (tertiary/aromatic N) is 2. The Bertz CT molecular complexity index is 882. The molecule has 0 saturated heterocycles. The van der Waals surface area contributed by atoms with Crippen LogP contribution in [0.4, 0.5) is 0 Å². The lowest BCUT2D eigenvalue weighted by molar-refractivity contribution is 0.354. The van der Waals surface area contributed by atoms with Crippen LogP contribution in [0.2, 0.25) is 5.02 Å². The van der Waals surface area contributed by atoms with Crippen molar-refractivity contribution in [2.24, 2.45) is 5.73 Å². The molecule has 1 atom stereocenters. The van der Waals surface area contributed by atoms with Crippen LogP contribution in [-0.4, -0.2) is 24.4 Å². The number of hydrogen-bond acceptors (Lipinski definition) is 6. The number of hydrogen-bond donors (Lipinski definition) is 2. The number of nitriles is 1. The Balaban J connectivity index is 2.28. The number of rotatable bonds is 3. The topological polar surface area (TPSA) is 106 Å². The van der Waals surface area contributed by atoms with Crippen LogP contribution in [0.5, 0.6) is 17.4 Å². The number of aromatic amines is 1. The second-order valence-corrected chi connectivity index (χ2v) is 5.63. The van der Waals surface area contributed by atoms with Gasteiger partial charge in [-0.2, -0.15) is 5.26 Å². The maximum absolute atomic E-state index is 9.57. The van der Waals surface area contributed by atoms with Gasteiger partial charge in [-0.25, -0.2) is 0 Å². The summed E-state index contributed by atoms with van der Waals surface area (Å²) >= 11 is 6.45. The van der Waals surface area contributed by atoms with E-state index in [2.05, 4.69) is 16.3 Å². The molecular weight excluding hydrogens is 332 g/mol. The first-order valence-corrected chi connectivity index (χ1v) is 7.43. The molecule has 7 nitrogen and oxygen atoms in total. The number of ether oxygens (including phenoxy) is 3. The molecule has 1 aliphatic heterocycles. The van der Waals surface area contributed by atoms with Crippen LogP contribution < -0.4 is 19.9 Å². The number of aryl methyl sites for hydroxylation is 1. The van der Waals surface area contributed by atoms with Crippen molar-refractivity contribution in [3.8, 4) is 23.4 Å². The first-order valence-electron chi connectivity index (χ1n) is 7.05. The maximum atomic E-state index is 9.57. The van der Waals surface area contributed by atoms with Crippen LogP contribution in [-0.2, 0) is 0 Å². The summed E-state index contributed by atoms with van der Waals surface area (Å²) in [6.45, 7) is 1.84. The molecule has 0 unspecified atom stereocenters. The summed E-state index contributed by atoms with van der Waals surface area (Å²) in [5.74, 6) is 0.830. The van der Waals surface area contributed by atoms with E-state index in [-0.39, 0.29) is 11.5 Å². The number of H-pyrrole nitrogens is 1. The van der Waals surface area contributed by atoms with Crippen molar-refractivity contribution in [3.63, 3.8) is 0 Å². The second kappa shape index (κ2) is 5.98. The van der Waals surface area contributed by atoms with Crippen LogP contribution in [0.15, 0.2) is 23.6 Å². The maximum Gasteiger partial charge on any atom is 0.244 e. The molecule has 2 aromatic rings. The second-order valence-electron chi connectivity index (χ2n) is 5.22. The molecule has 0 spiro atoms. The Kier molecular flexibility index (Phi) is 3.99. The predicted octanol–water partition coefficient (Wildman–Crippen LogP) is 2.61. The highest BCUT2D eigenvalue weighted by Gasteiger charge is 2.36. The van der Waals surface area contributed by atoms with Gasteiger partial charge in [0.1, 0.15) is 11.6 Å². The lowest BCUT2D eigenvalue weighted by Gasteiger charge is -2.25. The van der Waals surface area contributed by atoms with Crippen LogP contribution in [0, 0.1) is 18.3 Å². The number of methoxy groups -OCH3 is 2. The quantitative estimate of drug-likeness (QED) is 0.884. The van der Waals surface area contributed by atoms with E-state index >= 15 is 0 Å². The number of fused-ring (bicyclic) bond motifs is 1. The van der Waals surface area contributed by atoms with Gasteiger partial charge in [0, 0.05) is 22.3 Å². The van der Waals surface area contributed by atoms with E-state index in [0.29, 0.717) is 28.0 Å². The summed E-state index contributed by atoms with van der Waals surface area (Å²) < 4.78 is 16.0. The summed E-state index contributed by atoms with van der Waals surface area (Å²) in [6, 6.07) is 5.49. The minimum atomic E-state index is -0.509. The summed E-state index contributed by atoms with van der Waals surface area (Å²) in [5.41, 5.74) is 8.30. The third-order valence-electron chi connectivity index (χ3n) is 3.94. The molecule has 3 rings (SSSR count). The van der Waals surface area contributed by atoms with Crippen LogP contribution in [0.25, 0.3) is 0 Å². The van der Waals surface area contributed by atoms with Crippen molar-refractivity contribution >= 4 is 11.6 Å². The van der Waals surface area contributed by atoms with Gasteiger partial charge >= 0.3 is 0 Å². The van der Waals surface area contributed by atoms with Crippen LogP contribution in [0.3, 0.4) is 0 Å². The van der Waals surface area contributed by atoms with Gasteiger partial charge in [0.25, 0.3) is 0 Å². The Morgan fingerprint density at radius 1 is 1.33 bits per heavy atom. The highest BCUT2D eigenvalue weighted by Crippen LogP contribution is 2.47. The smallest absolute Gasteiger partial charge is 0.244 e. The molecule has 0 fully saturated rings. The Morgan fingerprint density at radius 3 is 2.62 bits per heavy atom. The molecule has 1 aromatic carbocycles. The van der Waals surface area contributed by atoms with Gasteiger partial charge in [-0.15, -0.1) is 5.10 Å². The third-order valence-corrected chi connectivity index (χ3v) is 4.27. The highest BCUT2D eigenvalue weighted by molar-refractivity contribution is 6.31. The summed E-state index contributed by atoms with van der Waals surface area (Å²) in [5, 5.41) is 16.9. The van der Waals surface area contributed by atoms with E-state index in [0.717, 1.165) is 11.3 Å². The molecule has 0 radical (unpaired) electrons. The van der Waals surface area contributed by atoms with E-state index < -0.39 is 5.92 Å². The number of nitrogens with two attached hydrogens (primary N) is 1. The predicted molar refractivity (Wildman–Crippen MR) is 87.2 cm³/mol. The monoisotopic (exact) mass is 346 g/mol. The minimum absolute atomic E-state index is 0.00681. The molecule has 8 heteroatoms. The zero-order chi connectivity index (χ0) is 17.4.